The molecule has 1 unspecified atom stereocenters. The second-order valence-electron chi connectivity index (χ2n) is 5.00. The van der Waals surface area contributed by atoms with Gasteiger partial charge >= 0.3 is 0 Å². The van der Waals surface area contributed by atoms with Gasteiger partial charge in [0.05, 0.1) is 5.69 Å². The molecule has 10 heteroatoms. The van der Waals surface area contributed by atoms with E-state index in [-0.39, 0.29) is 36.8 Å². The lowest BCUT2D eigenvalue weighted by Gasteiger charge is -2.19. The number of hydrogen-bond acceptors (Lipinski definition) is 6. The summed E-state index contributed by atoms with van der Waals surface area (Å²) in [5.74, 6) is 0.302. The first-order valence-electron chi connectivity index (χ1n) is 7.26. The number of aromatic nitrogens is 4. The molecule has 1 aromatic carbocycles. The average molecular weight is 376 g/mol. The molecule has 24 heavy (non-hydrogen) atoms. The summed E-state index contributed by atoms with van der Waals surface area (Å²) < 4.78 is 1.56. The van der Waals surface area contributed by atoms with Gasteiger partial charge in [0.2, 0.25) is 11.9 Å². The molecule has 0 saturated heterocycles. The summed E-state index contributed by atoms with van der Waals surface area (Å²) in [5.41, 5.74) is 6.35. The topological polar surface area (TPSA) is 111 Å². The molecule has 1 aromatic heterocycles. The number of carbonyl (C=O) groups excluding carboxylic acids is 1. The van der Waals surface area contributed by atoms with Crippen LogP contribution < -0.4 is 16.4 Å². The van der Waals surface area contributed by atoms with E-state index in [1.165, 1.54) is 0 Å². The number of rotatable bonds is 7. The number of para-hydroxylation sites is 1. The molecule has 2 aromatic rings. The monoisotopic (exact) mass is 375 g/mol. The maximum atomic E-state index is 12.2. The number of hydrogen-bond donors (Lipinski definition) is 3. The maximum absolute atomic E-state index is 12.2. The van der Waals surface area contributed by atoms with Crippen molar-refractivity contribution >= 4 is 36.7 Å². The zero-order chi connectivity index (χ0) is 15.9. The molecule has 0 saturated carbocycles. The zero-order valence-electron chi connectivity index (χ0n) is 13.5. The average Bonchev–Trinajstić information content (AvgIpc) is 3.01. The molecule has 0 spiro atoms. The molecule has 134 valence electrons. The lowest BCUT2D eigenvalue weighted by Crippen LogP contribution is -2.46. The first-order chi connectivity index (χ1) is 10.7. The van der Waals surface area contributed by atoms with Gasteiger partial charge in [-0.15, -0.1) is 24.8 Å². The summed E-state index contributed by atoms with van der Waals surface area (Å²) >= 11 is 0. The molecule has 0 bridgehead atoms. The number of halogens is 2. The van der Waals surface area contributed by atoms with Gasteiger partial charge < -0.3 is 16.4 Å². The third-order valence-corrected chi connectivity index (χ3v) is 3.24. The number of nitrogens with zero attached hydrogens (tertiary/aromatic N) is 4. The van der Waals surface area contributed by atoms with Crippen molar-refractivity contribution in [2.45, 2.75) is 32.4 Å². The van der Waals surface area contributed by atoms with Crippen LogP contribution in [0.5, 0.6) is 0 Å². The van der Waals surface area contributed by atoms with Crippen LogP contribution in [0.1, 0.15) is 20.3 Å². The Labute approximate surface area is 153 Å². The molecule has 1 amide bonds. The summed E-state index contributed by atoms with van der Waals surface area (Å²) in [6.07, 6.45) is 0.602. The molecule has 2 atom stereocenters. The third-order valence-electron chi connectivity index (χ3n) is 3.24. The molecule has 2 rings (SSSR count). The Hall–Kier alpha value is -1.90. The summed E-state index contributed by atoms with van der Waals surface area (Å²) in [5, 5.41) is 17.5. The van der Waals surface area contributed by atoms with E-state index in [2.05, 4.69) is 26.2 Å². The quantitative estimate of drug-likeness (QED) is 0.669. The standard InChI is InChI=1S/C14H21N7O.2ClH/c1-3-12(13(22)16-10(2)9-15)17-14-18-19-20-21(14)11-7-5-4-6-8-11;;/h4-8,10,12H,3,9,15H2,1-2H3,(H,16,22)(H,17,18,20);2*1H/t10-,12?;;/m0../s1. The van der Waals surface area contributed by atoms with Gasteiger partial charge in [-0.1, -0.05) is 30.2 Å². The van der Waals surface area contributed by atoms with E-state index in [0.717, 1.165) is 5.69 Å². The van der Waals surface area contributed by atoms with Crippen molar-refractivity contribution < 1.29 is 4.79 Å². The van der Waals surface area contributed by atoms with E-state index in [9.17, 15) is 4.79 Å². The molecule has 1 heterocycles. The van der Waals surface area contributed by atoms with Crippen LogP contribution in [0.3, 0.4) is 0 Å². The number of carbonyl (C=O) groups is 1. The normalized spacial score (nSPS) is 12.3. The molecule has 8 nitrogen and oxygen atoms in total. The first-order valence-corrected chi connectivity index (χ1v) is 7.26. The third kappa shape index (κ3) is 5.63. The highest BCUT2D eigenvalue weighted by Crippen LogP contribution is 2.12. The Kier molecular flexibility index (Phi) is 9.94. The van der Waals surface area contributed by atoms with Crippen LogP contribution in [-0.2, 0) is 4.79 Å². The Bertz CT molecular complexity index is 608. The summed E-state index contributed by atoms with van der Waals surface area (Å²) in [6.45, 7) is 4.17. The Morgan fingerprint density at radius 2 is 1.96 bits per heavy atom. The minimum atomic E-state index is -0.428. The lowest BCUT2D eigenvalue weighted by molar-refractivity contribution is -0.122. The van der Waals surface area contributed by atoms with Crippen molar-refractivity contribution in [1.82, 2.24) is 25.5 Å². The number of amides is 1. The van der Waals surface area contributed by atoms with Crippen molar-refractivity contribution in [3.63, 3.8) is 0 Å². The van der Waals surface area contributed by atoms with Crippen LogP contribution in [0.25, 0.3) is 5.69 Å². The maximum Gasteiger partial charge on any atom is 0.248 e. The van der Waals surface area contributed by atoms with Crippen molar-refractivity contribution in [1.29, 1.82) is 0 Å². The minimum absolute atomic E-state index is 0. The molecule has 0 aliphatic rings. The lowest BCUT2D eigenvalue weighted by atomic mass is 10.2. The van der Waals surface area contributed by atoms with Crippen LogP contribution >= 0.6 is 24.8 Å². The molecule has 0 radical (unpaired) electrons. The van der Waals surface area contributed by atoms with Crippen molar-refractivity contribution in [2.75, 3.05) is 11.9 Å². The molecule has 0 aliphatic heterocycles. The van der Waals surface area contributed by atoms with Gasteiger partial charge in [-0.05, 0) is 35.9 Å². The highest BCUT2D eigenvalue weighted by Gasteiger charge is 2.20. The van der Waals surface area contributed by atoms with Crippen LogP contribution in [0.15, 0.2) is 30.3 Å². The summed E-state index contributed by atoms with van der Waals surface area (Å²) in [7, 11) is 0. The number of nitrogens with one attached hydrogen (secondary N) is 2. The van der Waals surface area contributed by atoms with E-state index >= 15 is 0 Å². The van der Waals surface area contributed by atoms with E-state index in [0.29, 0.717) is 18.9 Å². The number of benzene rings is 1. The smallest absolute Gasteiger partial charge is 0.248 e. The van der Waals surface area contributed by atoms with E-state index < -0.39 is 6.04 Å². The highest BCUT2D eigenvalue weighted by atomic mass is 35.5. The second-order valence-corrected chi connectivity index (χ2v) is 5.00. The number of anilines is 1. The van der Waals surface area contributed by atoms with E-state index in [1.807, 2.05) is 44.2 Å². The SMILES string of the molecule is CCC(Nc1nnnn1-c1ccccc1)C(=O)N[C@@H](C)CN.Cl.Cl. The fourth-order valence-electron chi connectivity index (χ4n) is 1.93. The Morgan fingerprint density at radius 1 is 1.29 bits per heavy atom. The molecule has 0 aliphatic carbocycles. The van der Waals surface area contributed by atoms with Crippen molar-refractivity contribution in [3.8, 4) is 5.69 Å². The van der Waals surface area contributed by atoms with Gasteiger partial charge in [0.1, 0.15) is 6.04 Å². The van der Waals surface area contributed by atoms with Crippen LogP contribution in [0.4, 0.5) is 5.95 Å². The molecular weight excluding hydrogens is 353 g/mol. The van der Waals surface area contributed by atoms with Crippen LogP contribution in [-0.4, -0.2) is 44.7 Å². The second kappa shape index (κ2) is 10.8. The van der Waals surface area contributed by atoms with Gasteiger partial charge in [0.15, 0.2) is 0 Å². The van der Waals surface area contributed by atoms with E-state index in [1.54, 1.807) is 4.68 Å². The van der Waals surface area contributed by atoms with Gasteiger partial charge in [-0.2, -0.15) is 4.68 Å². The van der Waals surface area contributed by atoms with Crippen LogP contribution in [0, 0.1) is 0 Å². The van der Waals surface area contributed by atoms with Crippen LogP contribution in [0.2, 0.25) is 0 Å². The first kappa shape index (κ1) is 22.1. The van der Waals surface area contributed by atoms with Gasteiger partial charge in [-0.3, -0.25) is 4.79 Å². The fourth-order valence-corrected chi connectivity index (χ4v) is 1.93. The Morgan fingerprint density at radius 3 is 2.54 bits per heavy atom. The predicted octanol–water partition coefficient (Wildman–Crippen LogP) is 1.16. The van der Waals surface area contributed by atoms with Gasteiger partial charge in [0.25, 0.3) is 0 Å². The molecule has 4 N–H and O–H groups in total. The van der Waals surface area contributed by atoms with E-state index in [4.69, 9.17) is 5.73 Å². The molecule has 0 fully saturated rings. The van der Waals surface area contributed by atoms with Gasteiger partial charge in [0, 0.05) is 12.6 Å². The molecular formula is C14H23Cl2N7O. The highest BCUT2D eigenvalue weighted by molar-refractivity contribution is 5.85. The fraction of sp³-hybridized carbons (Fsp3) is 0.429. The summed E-state index contributed by atoms with van der Waals surface area (Å²) in [4.78, 5) is 12.2. The van der Waals surface area contributed by atoms with Crippen molar-refractivity contribution in [2.24, 2.45) is 5.73 Å². The number of tetrazole rings is 1. The largest absolute Gasteiger partial charge is 0.351 e. The Balaban J connectivity index is 0.00000264. The summed E-state index contributed by atoms with van der Waals surface area (Å²) in [6, 6.07) is 8.98. The van der Waals surface area contributed by atoms with Crippen molar-refractivity contribution in [3.05, 3.63) is 30.3 Å². The van der Waals surface area contributed by atoms with Gasteiger partial charge in [-0.25, -0.2) is 0 Å². The predicted molar refractivity (Wildman–Crippen MR) is 98.0 cm³/mol. The number of nitrogens with two attached hydrogens (primary N) is 1. The minimum Gasteiger partial charge on any atom is -0.351 e. The zero-order valence-corrected chi connectivity index (χ0v) is 15.2.